The summed E-state index contributed by atoms with van der Waals surface area (Å²) in [5, 5.41) is 13.7. The zero-order valence-corrected chi connectivity index (χ0v) is 24.0. The van der Waals surface area contributed by atoms with Gasteiger partial charge in [-0.25, -0.2) is 15.0 Å². The molecule has 11 nitrogen and oxygen atoms in total. The Bertz CT molecular complexity index is 1390. The summed E-state index contributed by atoms with van der Waals surface area (Å²) < 4.78 is 0. The number of hydrogen-bond acceptors (Lipinski definition) is 10. The van der Waals surface area contributed by atoms with Crippen molar-refractivity contribution in [1.29, 1.82) is 5.26 Å². The van der Waals surface area contributed by atoms with Gasteiger partial charge in [0.15, 0.2) is 0 Å². The molecule has 3 aromatic rings. The third kappa shape index (κ3) is 7.89. The molecule has 4 rings (SSSR count). The molecule has 2 aromatic heterocycles. The summed E-state index contributed by atoms with van der Waals surface area (Å²) in [5.41, 5.74) is 12.2. The molecule has 4 N–H and O–H groups in total. The van der Waals surface area contributed by atoms with Crippen LogP contribution < -0.4 is 16.5 Å². The topological polar surface area (TPSA) is 153 Å². The standard InChI is InChI=1S/C27H31N9O2S.ClH/c1-17(37)30-20-8-6-18(7-9-20)24-21(16-28)26(29)33-27(32-24)25(39)22-5-3-4-19(31-22)10-11-23(38)34-36-14-12-35(2)13-15-36;/h3-9,25,39H,10-15H2,1-2H3,(H,30,37)(H,34,38)(H2,29,32,33);1H. The lowest BCUT2D eigenvalue weighted by Crippen LogP contribution is -2.52. The number of hydrogen-bond donors (Lipinski definition) is 4. The number of carbonyl (C=O) groups excluding carboxylic acids is 2. The van der Waals surface area contributed by atoms with Crippen LogP contribution in [-0.4, -0.2) is 69.9 Å². The molecule has 40 heavy (non-hydrogen) atoms. The monoisotopic (exact) mass is 581 g/mol. The maximum absolute atomic E-state index is 12.5. The maximum Gasteiger partial charge on any atom is 0.234 e. The molecule has 1 fully saturated rings. The maximum atomic E-state index is 12.5. The molecule has 1 aromatic carbocycles. The number of nitrogen functional groups attached to an aromatic ring is 1. The van der Waals surface area contributed by atoms with Crippen molar-refractivity contribution in [1.82, 2.24) is 30.3 Å². The number of hydrazine groups is 1. The molecular weight excluding hydrogens is 550 g/mol. The summed E-state index contributed by atoms with van der Waals surface area (Å²) in [6.45, 7) is 4.86. The first-order valence-electron chi connectivity index (χ1n) is 12.6. The third-order valence-electron chi connectivity index (χ3n) is 6.29. The fraction of sp³-hybridized carbons (Fsp3) is 0.333. The van der Waals surface area contributed by atoms with Gasteiger partial charge < -0.3 is 16.0 Å². The van der Waals surface area contributed by atoms with E-state index in [1.807, 2.05) is 23.2 Å². The summed E-state index contributed by atoms with van der Waals surface area (Å²) in [4.78, 5) is 39.7. The molecule has 210 valence electrons. The molecule has 1 saturated heterocycles. The normalized spacial score (nSPS) is 14.4. The molecule has 1 atom stereocenters. The van der Waals surface area contributed by atoms with Gasteiger partial charge in [-0.15, -0.1) is 12.4 Å². The Labute approximate surface area is 245 Å². The van der Waals surface area contributed by atoms with E-state index in [0.717, 1.165) is 31.9 Å². The van der Waals surface area contributed by atoms with Crippen molar-refractivity contribution in [2.45, 2.75) is 25.0 Å². The van der Waals surface area contributed by atoms with Crippen LogP contribution >= 0.6 is 25.0 Å². The van der Waals surface area contributed by atoms with E-state index in [0.29, 0.717) is 41.3 Å². The van der Waals surface area contributed by atoms with E-state index >= 15 is 0 Å². The predicted octanol–water partition coefficient (Wildman–Crippen LogP) is 2.60. The highest BCUT2D eigenvalue weighted by molar-refractivity contribution is 7.80. The predicted molar refractivity (Wildman–Crippen MR) is 159 cm³/mol. The van der Waals surface area contributed by atoms with E-state index in [-0.39, 0.29) is 35.6 Å². The molecule has 0 aliphatic carbocycles. The molecule has 13 heteroatoms. The van der Waals surface area contributed by atoms with Crippen molar-refractivity contribution in [2.24, 2.45) is 0 Å². The first-order valence-corrected chi connectivity index (χ1v) is 13.1. The molecule has 0 radical (unpaired) electrons. The van der Waals surface area contributed by atoms with Gasteiger partial charge in [0.05, 0.1) is 11.4 Å². The molecule has 1 unspecified atom stereocenters. The number of benzene rings is 1. The van der Waals surface area contributed by atoms with Crippen LogP contribution in [0.15, 0.2) is 42.5 Å². The summed E-state index contributed by atoms with van der Waals surface area (Å²) in [6.07, 6.45) is 0.773. The number of nitrogens with one attached hydrogen (secondary N) is 2. The highest BCUT2D eigenvalue weighted by Crippen LogP contribution is 2.31. The van der Waals surface area contributed by atoms with Gasteiger partial charge in [0.25, 0.3) is 0 Å². The van der Waals surface area contributed by atoms with E-state index in [4.69, 9.17) is 18.4 Å². The second-order valence-corrected chi connectivity index (χ2v) is 9.86. The van der Waals surface area contributed by atoms with Crippen LogP contribution in [0.4, 0.5) is 11.5 Å². The Hall–Kier alpha value is -3.76. The second kappa shape index (κ2) is 14.0. The van der Waals surface area contributed by atoms with Crippen LogP contribution in [0.1, 0.15) is 41.4 Å². The van der Waals surface area contributed by atoms with Crippen LogP contribution in [0, 0.1) is 11.3 Å². The van der Waals surface area contributed by atoms with Crippen molar-refractivity contribution in [3.8, 4) is 17.3 Å². The minimum absolute atomic E-state index is 0. The number of nitriles is 1. The Morgan fingerprint density at radius 1 is 1.10 bits per heavy atom. The number of thiol groups is 1. The van der Waals surface area contributed by atoms with Gasteiger partial charge in [0.2, 0.25) is 11.8 Å². The van der Waals surface area contributed by atoms with Crippen molar-refractivity contribution >= 4 is 48.4 Å². The summed E-state index contributed by atoms with van der Waals surface area (Å²) in [7, 11) is 2.07. The average Bonchev–Trinajstić information content (AvgIpc) is 2.92. The number of rotatable bonds is 8. The molecule has 2 amide bonds. The molecule has 0 bridgehead atoms. The van der Waals surface area contributed by atoms with Crippen LogP contribution in [0.2, 0.25) is 0 Å². The van der Waals surface area contributed by atoms with Gasteiger partial charge in [-0.3, -0.25) is 20.0 Å². The Morgan fingerprint density at radius 3 is 2.45 bits per heavy atom. The number of amides is 2. The largest absolute Gasteiger partial charge is 0.382 e. The number of piperazine rings is 1. The number of aromatic nitrogens is 3. The Morgan fingerprint density at radius 2 is 1.80 bits per heavy atom. The van der Waals surface area contributed by atoms with E-state index in [9.17, 15) is 14.9 Å². The van der Waals surface area contributed by atoms with Crippen molar-refractivity contribution in [2.75, 3.05) is 44.3 Å². The van der Waals surface area contributed by atoms with Crippen molar-refractivity contribution < 1.29 is 9.59 Å². The van der Waals surface area contributed by atoms with Gasteiger partial charge in [-0.1, -0.05) is 18.2 Å². The van der Waals surface area contributed by atoms with Gasteiger partial charge >= 0.3 is 0 Å². The molecule has 1 aliphatic heterocycles. The zero-order valence-electron chi connectivity index (χ0n) is 22.3. The van der Waals surface area contributed by atoms with Crippen molar-refractivity contribution in [3.05, 3.63) is 65.2 Å². The van der Waals surface area contributed by atoms with Crippen molar-refractivity contribution in [3.63, 3.8) is 0 Å². The Kier molecular flexibility index (Phi) is 10.8. The number of anilines is 2. The van der Waals surface area contributed by atoms with E-state index < -0.39 is 5.25 Å². The molecular formula is C27H32ClN9O2S. The van der Waals surface area contributed by atoms with Crippen LogP contribution in [0.5, 0.6) is 0 Å². The quantitative estimate of drug-likeness (QED) is 0.294. The lowest BCUT2D eigenvalue weighted by atomic mass is 10.1. The molecule has 0 saturated carbocycles. The average molecular weight is 582 g/mol. The molecule has 3 heterocycles. The number of nitrogens with zero attached hydrogens (tertiary/aromatic N) is 6. The van der Waals surface area contributed by atoms with Gasteiger partial charge in [0, 0.05) is 56.5 Å². The highest BCUT2D eigenvalue weighted by atomic mass is 35.5. The number of pyridine rings is 1. The number of nitrogens with two attached hydrogens (primary N) is 1. The number of aryl methyl sites for hydroxylation is 1. The first kappa shape index (κ1) is 30.8. The highest BCUT2D eigenvalue weighted by Gasteiger charge is 2.21. The van der Waals surface area contributed by atoms with Crippen LogP contribution in [0.3, 0.4) is 0 Å². The fourth-order valence-electron chi connectivity index (χ4n) is 4.17. The van der Waals surface area contributed by atoms with Gasteiger partial charge in [0.1, 0.15) is 28.5 Å². The van der Waals surface area contributed by atoms with E-state index in [1.165, 1.54) is 6.92 Å². The fourth-order valence-corrected chi connectivity index (χ4v) is 4.43. The smallest absolute Gasteiger partial charge is 0.234 e. The molecule has 0 spiro atoms. The van der Waals surface area contributed by atoms with Crippen LogP contribution in [-0.2, 0) is 16.0 Å². The second-order valence-electron chi connectivity index (χ2n) is 9.34. The van der Waals surface area contributed by atoms with Gasteiger partial charge in [-0.2, -0.15) is 17.9 Å². The minimum Gasteiger partial charge on any atom is -0.382 e. The van der Waals surface area contributed by atoms with E-state index in [2.05, 4.69) is 43.7 Å². The van der Waals surface area contributed by atoms with E-state index in [1.54, 1.807) is 24.3 Å². The number of halogens is 1. The Balaban J connectivity index is 0.00000441. The van der Waals surface area contributed by atoms with Crippen LogP contribution in [0.25, 0.3) is 11.3 Å². The lowest BCUT2D eigenvalue weighted by molar-refractivity contribution is -0.126. The lowest BCUT2D eigenvalue weighted by Gasteiger charge is -2.32. The first-order chi connectivity index (χ1) is 18.7. The zero-order chi connectivity index (χ0) is 27.9. The van der Waals surface area contributed by atoms with Gasteiger partial charge in [-0.05, 0) is 37.7 Å². The molecule has 1 aliphatic rings. The summed E-state index contributed by atoms with van der Waals surface area (Å²) in [6, 6.07) is 14.5. The summed E-state index contributed by atoms with van der Waals surface area (Å²) in [5.74, 6) is 0.108. The third-order valence-corrected chi connectivity index (χ3v) is 6.79. The SMILES string of the molecule is CC(=O)Nc1ccc(-c2nc(C(S)c3cccc(CCC(=O)NN4CCN(C)CC4)n3)nc(N)c2C#N)cc1.Cl. The number of likely N-dealkylation sites (N-methyl/N-ethyl adjacent to an activating group) is 1. The number of carbonyl (C=O) groups is 2. The summed E-state index contributed by atoms with van der Waals surface area (Å²) >= 11 is 4.72. The minimum atomic E-state index is -0.614.